The van der Waals surface area contributed by atoms with Gasteiger partial charge in [-0.1, -0.05) is 50.3 Å². The van der Waals surface area contributed by atoms with Gasteiger partial charge in [0.25, 0.3) is 0 Å². The molecule has 2 N–H and O–H groups in total. The molecule has 0 amide bonds. The lowest BCUT2D eigenvalue weighted by Crippen LogP contribution is -2.30. The average molecular weight is 414 g/mol. The molecule has 0 fully saturated rings. The number of aliphatic hydroxyl groups excluding tert-OH is 1. The monoisotopic (exact) mass is 413 g/mol. The molecule has 0 saturated heterocycles. The van der Waals surface area contributed by atoms with Gasteiger partial charge in [0.05, 0.1) is 18.1 Å². The Kier molecular flexibility index (Phi) is 9.00. The number of cyclic esters (lactones) is 1. The van der Waals surface area contributed by atoms with Gasteiger partial charge < -0.3 is 14.9 Å². The topological polar surface area (TPSA) is 79.7 Å². The van der Waals surface area contributed by atoms with Crippen LogP contribution in [0.1, 0.15) is 65.0 Å². The number of rotatable bonds is 4. The van der Waals surface area contributed by atoms with Crippen molar-refractivity contribution in [2.75, 3.05) is 0 Å². The molecule has 0 spiro atoms. The van der Waals surface area contributed by atoms with E-state index in [4.69, 9.17) is 4.74 Å². The number of hydrogen-bond donors (Lipinski definition) is 2. The van der Waals surface area contributed by atoms with Crippen LogP contribution in [0.2, 0.25) is 0 Å². The Morgan fingerprint density at radius 3 is 2.87 bits per heavy atom. The molecule has 2 rings (SSSR count). The van der Waals surface area contributed by atoms with Crippen molar-refractivity contribution in [2.45, 2.75) is 77.1 Å². The minimum atomic E-state index is -0.898. The number of allylic oxidation sites excluding steroid dienone is 3. The number of esters is 1. The molecule has 5 nitrogen and oxygen atoms in total. The Morgan fingerprint density at radius 2 is 2.17 bits per heavy atom. The first-order valence-electron chi connectivity index (χ1n) is 10.7. The van der Waals surface area contributed by atoms with Gasteiger partial charge in [0.2, 0.25) is 0 Å². The first-order chi connectivity index (χ1) is 14.2. The van der Waals surface area contributed by atoms with E-state index in [0.29, 0.717) is 19.3 Å². The number of carbonyl (C=O) groups is 1. The van der Waals surface area contributed by atoms with Crippen LogP contribution in [0, 0.1) is 5.92 Å². The van der Waals surface area contributed by atoms with Gasteiger partial charge in [-0.2, -0.15) is 0 Å². The van der Waals surface area contributed by atoms with Crippen molar-refractivity contribution in [1.29, 1.82) is 0 Å². The Labute approximate surface area is 180 Å². The van der Waals surface area contributed by atoms with Gasteiger partial charge in [0.15, 0.2) is 0 Å². The maximum Gasteiger partial charge on any atom is 0.309 e. The lowest BCUT2D eigenvalue weighted by Gasteiger charge is -2.27. The van der Waals surface area contributed by atoms with Crippen LogP contribution < -0.4 is 0 Å². The summed E-state index contributed by atoms with van der Waals surface area (Å²) in [6.07, 6.45) is 11.7. The van der Waals surface area contributed by atoms with Crippen molar-refractivity contribution in [3.63, 3.8) is 0 Å². The molecular formula is C25H35NO4. The predicted molar refractivity (Wildman–Crippen MR) is 119 cm³/mol. The number of ether oxygens (including phenoxy) is 1. The quantitative estimate of drug-likeness (QED) is 0.432. The van der Waals surface area contributed by atoms with Crippen molar-refractivity contribution < 1.29 is 19.7 Å². The molecule has 1 aromatic heterocycles. The van der Waals surface area contributed by atoms with E-state index in [0.717, 1.165) is 11.3 Å². The normalized spacial score (nSPS) is 31.5. The molecular weight excluding hydrogens is 378 g/mol. The van der Waals surface area contributed by atoms with Crippen molar-refractivity contribution in [1.82, 2.24) is 4.98 Å². The van der Waals surface area contributed by atoms with Crippen LogP contribution in [-0.4, -0.2) is 39.0 Å². The van der Waals surface area contributed by atoms with Crippen molar-refractivity contribution in [2.24, 2.45) is 5.92 Å². The van der Waals surface area contributed by atoms with Crippen LogP contribution in [0.15, 0.2) is 60.3 Å². The molecule has 0 unspecified atom stereocenters. The van der Waals surface area contributed by atoms with E-state index in [1.165, 1.54) is 0 Å². The Morgan fingerprint density at radius 1 is 1.40 bits per heavy atom. The standard InChI is InChI=1S/C25H35NO4/c1-18(22-12-5-6-16-26-22)9-7-10-19(2)24-20(3)11-8-14-25(4,29)15-13-21(27)17-23(28)30-24/h5-12,16,18,20-21,24,27,29H,13-15,17H2,1-4H3/b9-7+,11-8+,19-10+/t18-,20-,21+,24+,25-/m1/s1. The van der Waals surface area contributed by atoms with Crippen molar-refractivity contribution in [3.8, 4) is 0 Å². The fraction of sp³-hybridized carbons (Fsp3) is 0.520. The first kappa shape index (κ1) is 24.0. The lowest BCUT2D eigenvalue weighted by atomic mass is 9.91. The van der Waals surface area contributed by atoms with Crippen molar-refractivity contribution in [3.05, 3.63) is 66.0 Å². The molecule has 2 heterocycles. The number of carbonyl (C=O) groups excluding carboxylic acids is 1. The number of hydrogen-bond acceptors (Lipinski definition) is 5. The molecule has 0 saturated carbocycles. The fourth-order valence-corrected chi connectivity index (χ4v) is 3.53. The van der Waals surface area contributed by atoms with Crippen LogP contribution in [0.4, 0.5) is 0 Å². The zero-order chi connectivity index (χ0) is 22.1. The van der Waals surface area contributed by atoms with Crippen LogP contribution in [0.5, 0.6) is 0 Å². The Hall–Kier alpha value is -2.24. The highest BCUT2D eigenvalue weighted by atomic mass is 16.5. The first-order valence-corrected chi connectivity index (χ1v) is 10.7. The summed E-state index contributed by atoms with van der Waals surface area (Å²) in [4.78, 5) is 16.7. The van der Waals surface area contributed by atoms with Gasteiger partial charge in [-0.3, -0.25) is 9.78 Å². The van der Waals surface area contributed by atoms with Crippen LogP contribution in [-0.2, 0) is 9.53 Å². The van der Waals surface area contributed by atoms with Crippen LogP contribution >= 0.6 is 0 Å². The highest BCUT2D eigenvalue weighted by molar-refractivity contribution is 5.70. The summed E-state index contributed by atoms with van der Waals surface area (Å²) in [5.41, 5.74) is 1.02. The van der Waals surface area contributed by atoms with E-state index >= 15 is 0 Å². The van der Waals surface area contributed by atoms with Crippen LogP contribution in [0.25, 0.3) is 0 Å². The number of aromatic nitrogens is 1. The fourth-order valence-electron chi connectivity index (χ4n) is 3.53. The van der Waals surface area contributed by atoms with E-state index in [2.05, 4.69) is 18.0 Å². The van der Waals surface area contributed by atoms with E-state index < -0.39 is 23.8 Å². The molecule has 164 valence electrons. The molecule has 0 aliphatic carbocycles. The zero-order valence-corrected chi connectivity index (χ0v) is 18.5. The molecule has 0 bridgehead atoms. The second kappa shape index (κ2) is 11.2. The molecule has 0 radical (unpaired) electrons. The predicted octanol–water partition coefficient (Wildman–Crippen LogP) is 4.48. The Balaban J connectivity index is 2.16. The summed E-state index contributed by atoms with van der Waals surface area (Å²) in [6, 6.07) is 5.86. The summed E-state index contributed by atoms with van der Waals surface area (Å²) in [5.74, 6) is -0.311. The highest BCUT2D eigenvalue weighted by Gasteiger charge is 2.26. The largest absolute Gasteiger partial charge is 0.457 e. The third-order valence-corrected chi connectivity index (χ3v) is 5.51. The molecule has 5 atom stereocenters. The molecule has 1 aliphatic rings. The summed E-state index contributed by atoms with van der Waals surface area (Å²) in [7, 11) is 0. The zero-order valence-electron chi connectivity index (χ0n) is 18.5. The number of aliphatic hydroxyl groups is 2. The van der Waals surface area contributed by atoms with Gasteiger partial charge in [0, 0.05) is 23.7 Å². The van der Waals surface area contributed by atoms with Gasteiger partial charge in [-0.15, -0.1) is 0 Å². The second-order valence-electron chi connectivity index (χ2n) is 8.63. The molecule has 0 aromatic carbocycles. The minimum absolute atomic E-state index is 0.0563. The minimum Gasteiger partial charge on any atom is -0.457 e. The van der Waals surface area contributed by atoms with E-state index in [9.17, 15) is 15.0 Å². The maximum atomic E-state index is 12.4. The SMILES string of the molecule is C/C(=C\C=C\[C@@H](C)c1ccccn1)[C@@H]1OC(=O)C[C@@H](O)CC[C@](C)(O)C/C=C/[C@H]1C. The van der Waals surface area contributed by atoms with Gasteiger partial charge in [-0.25, -0.2) is 0 Å². The smallest absolute Gasteiger partial charge is 0.309 e. The maximum absolute atomic E-state index is 12.4. The molecule has 1 aliphatic heterocycles. The summed E-state index contributed by atoms with van der Waals surface area (Å²) in [5, 5.41) is 20.6. The number of pyridine rings is 1. The second-order valence-corrected chi connectivity index (χ2v) is 8.63. The van der Waals surface area contributed by atoms with E-state index in [-0.39, 0.29) is 18.3 Å². The highest BCUT2D eigenvalue weighted by Crippen LogP contribution is 2.25. The van der Waals surface area contributed by atoms with Gasteiger partial charge >= 0.3 is 5.97 Å². The summed E-state index contributed by atoms with van der Waals surface area (Å²) in [6.45, 7) is 7.77. The van der Waals surface area contributed by atoms with Crippen LogP contribution in [0.3, 0.4) is 0 Å². The molecule has 30 heavy (non-hydrogen) atoms. The van der Waals surface area contributed by atoms with Gasteiger partial charge in [-0.05, 0) is 50.8 Å². The molecule has 5 heteroatoms. The lowest BCUT2D eigenvalue weighted by molar-refractivity contribution is -0.151. The third kappa shape index (κ3) is 7.88. The third-order valence-electron chi connectivity index (χ3n) is 5.51. The molecule has 1 aromatic rings. The average Bonchev–Trinajstić information content (AvgIpc) is 2.70. The van der Waals surface area contributed by atoms with Gasteiger partial charge in [0.1, 0.15) is 6.10 Å². The number of nitrogens with zero attached hydrogens (tertiary/aromatic N) is 1. The van der Waals surface area contributed by atoms with E-state index in [1.54, 1.807) is 13.1 Å². The summed E-state index contributed by atoms with van der Waals surface area (Å²) >= 11 is 0. The van der Waals surface area contributed by atoms with Crippen molar-refractivity contribution >= 4 is 5.97 Å². The Bertz CT molecular complexity index is 767. The van der Waals surface area contributed by atoms with E-state index in [1.807, 2.05) is 56.4 Å². The summed E-state index contributed by atoms with van der Waals surface area (Å²) < 4.78 is 5.73.